The van der Waals surface area contributed by atoms with Gasteiger partial charge in [0.1, 0.15) is 4.60 Å². The molecule has 18 aromatic rings. The maximum Gasteiger partial charge on any atom is 2.00 e. The van der Waals surface area contributed by atoms with Crippen molar-refractivity contribution in [3.63, 3.8) is 0 Å². The van der Waals surface area contributed by atoms with Crippen molar-refractivity contribution in [2.45, 2.75) is 98.3 Å². The molecule has 9 aromatic carbocycles. The molecular formula is C117H114BBrCl2ILi2N9O2Pt2. The van der Waals surface area contributed by atoms with Crippen molar-refractivity contribution in [2.24, 2.45) is 0 Å². The van der Waals surface area contributed by atoms with E-state index in [0.717, 1.165) is 154 Å². The predicted molar refractivity (Wildman–Crippen MR) is 572 cm³/mol. The number of hydrogen-bond donors (Lipinski definition) is 2. The summed E-state index contributed by atoms with van der Waals surface area (Å²) in [5.41, 5.74) is 24.8. The molecule has 2 N–H and O–H groups in total. The van der Waals surface area contributed by atoms with E-state index >= 15 is 0 Å². The summed E-state index contributed by atoms with van der Waals surface area (Å²) < 4.78 is 0.900. The number of halogens is 4. The molecule has 11 nitrogen and oxygen atoms in total. The first-order valence-electron chi connectivity index (χ1n) is 44.1. The molecule has 0 bridgehead atoms. The van der Waals surface area contributed by atoms with Crippen LogP contribution in [-0.2, 0) is 54.8 Å². The van der Waals surface area contributed by atoms with Gasteiger partial charge in [0.05, 0.1) is 45.6 Å². The van der Waals surface area contributed by atoms with E-state index in [1.165, 1.54) is 18.4 Å². The molecule has 20 heteroatoms. The summed E-state index contributed by atoms with van der Waals surface area (Å²) in [6.45, 7) is 24.1. The van der Waals surface area contributed by atoms with Crippen molar-refractivity contribution < 1.29 is 85.3 Å². The monoisotopic (exact) mass is 2370 g/mol. The minimum absolute atomic E-state index is 0. The maximum absolute atomic E-state index is 8.58. The second kappa shape index (κ2) is 67.1. The second-order valence-electron chi connectivity index (χ2n) is 30.9. The van der Waals surface area contributed by atoms with Gasteiger partial charge in [0, 0.05) is 91.0 Å². The van der Waals surface area contributed by atoms with Gasteiger partial charge in [-0.3, -0.25) is 29.9 Å². The van der Waals surface area contributed by atoms with Gasteiger partial charge in [-0.2, -0.15) is 12.8 Å². The van der Waals surface area contributed by atoms with E-state index in [4.69, 9.17) is 58.8 Å². The zero-order valence-corrected chi connectivity index (χ0v) is 89.4. The summed E-state index contributed by atoms with van der Waals surface area (Å²) in [4.78, 5) is 44.1. The Kier molecular flexibility index (Phi) is 57.4. The minimum atomic E-state index is -1.34. The van der Waals surface area contributed by atoms with E-state index in [1.807, 2.05) is 268 Å². The fourth-order valence-electron chi connectivity index (χ4n) is 12.8. The Balaban J connectivity index is 0.000000285. The summed E-state index contributed by atoms with van der Waals surface area (Å²) in [6.07, 6.45) is 7.09. The summed E-state index contributed by atoms with van der Waals surface area (Å²) in [5, 5.41) is 17.2. The smallest absolute Gasteiger partial charge is 0.256 e. The van der Waals surface area contributed by atoms with E-state index < -0.39 is 23.6 Å². The zero-order chi connectivity index (χ0) is 95.8. The number of aryl methyl sites for hydroxylation is 2. The first-order valence-corrected chi connectivity index (χ1v) is 52.6. The Morgan fingerprint density at radius 3 is 0.854 bits per heavy atom. The topological polar surface area (TPSA) is 156 Å². The summed E-state index contributed by atoms with van der Waals surface area (Å²) >= 11 is 4.93. The van der Waals surface area contributed by atoms with Crippen molar-refractivity contribution in [1.82, 2.24) is 44.9 Å². The molecule has 0 aliphatic carbocycles. The number of unbranched alkanes of at least 4 members (excludes halogenated alkanes) is 2. The summed E-state index contributed by atoms with van der Waals surface area (Å²) in [6, 6.07) is 147. The molecule has 0 aliphatic heterocycles. The Morgan fingerprint density at radius 2 is 0.584 bits per heavy atom. The van der Waals surface area contributed by atoms with Gasteiger partial charge in [-0.05, 0) is 176 Å². The van der Waals surface area contributed by atoms with Crippen LogP contribution in [0.3, 0.4) is 0 Å². The predicted octanol–water partition coefficient (Wildman–Crippen LogP) is 24.3. The summed E-state index contributed by atoms with van der Waals surface area (Å²) in [5.74, 6) is 0. The Morgan fingerprint density at radius 1 is 0.328 bits per heavy atom. The number of nitrogens with zero attached hydrogens (tertiary/aromatic N) is 9. The first-order chi connectivity index (χ1) is 65.3. The Hall–Kier alpha value is -10.3. The number of alkyl halides is 1. The third-order valence-corrected chi connectivity index (χ3v) is 20.6. The van der Waals surface area contributed by atoms with Crippen LogP contribution in [-0.4, -0.2) is 67.0 Å². The molecule has 0 saturated heterocycles. The van der Waals surface area contributed by atoms with Gasteiger partial charge in [-0.1, -0.05) is 328 Å². The average Bonchev–Trinajstić information content (AvgIpc) is 0.789. The molecule has 0 saturated carbocycles. The molecule has 0 amide bonds. The molecule has 9 heterocycles. The van der Waals surface area contributed by atoms with Gasteiger partial charge in [0.15, 0.2) is 0 Å². The van der Waals surface area contributed by atoms with Crippen LogP contribution in [0.4, 0.5) is 0 Å². The van der Waals surface area contributed by atoms with E-state index in [2.05, 4.69) is 279 Å². The second-order valence-corrected chi connectivity index (χ2v) is 34.9. The van der Waals surface area contributed by atoms with E-state index in [9.17, 15) is 0 Å². The SMILES string of the molecule is CC(C)(c1cccc(-c2[c-]cccc2)n1)c1cccc(-c2[c-]cccc2)n1.CC(C)(c1cccc(-c2ccccc2)n1)c1cccc(-c2ccccc2)n1.CI.Cc1cccc(-c2ccccc2)n1.Cc1cccc(Br)n1.OB(O)c1ccccc1.[CH2-]CCC.[CH2-]CCC.[Cl][Pt][Cl].[Li+].[Li+].[Pt+2].c1ccc(-c2cccc(Cc3cccc(-c4ccccc4)n3)n2)cc1.c1ccc(-c2ccccn2)cc1. The van der Waals surface area contributed by atoms with Crippen LogP contribution in [0.1, 0.15) is 113 Å². The van der Waals surface area contributed by atoms with Crippen LogP contribution in [0.25, 0.3) is 90.1 Å². The van der Waals surface area contributed by atoms with Gasteiger partial charge in [0.25, 0.3) is 0 Å². The Labute approximate surface area is 891 Å². The molecule has 18 rings (SSSR count). The molecule has 0 atom stereocenters. The van der Waals surface area contributed by atoms with Crippen molar-refractivity contribution in [3.05, 3.63) is 507 Å². The number of rotatable bonds is 17. The van der Waals surface area contributed by atoms with Crippen LogP contribution in [0.5, 0.6) is 0 Å². The molecule has 9 aromatic heterocycles. The van der Waals surface area contributed by atoms with Crippen molar-refractivity contribution in [3.8, 4) is 90.1 Å². The molecule has 0 aliphatic rings. The Bertz CT molecular complexity index is 5780. The third kappa shape index (κ3) is 41.3. The maximum atomic E-state index is 8.58. The largest absolute Gasteiger partial charge is 2.00 e. The normalized spacial score (nSPS) is 9.96. The van der Waals surface area contributed by atoms with Crippen molar-refractivity contribution >= 4 is 69.9 Å². The third-order valence-electron chi connectivity index (χ3n) is 20.1. The van der Waals surface area contributed by atoms with Crippen LogP contribution >= 0.6 is 57.4 Å². The van der Waals surface area contributed by atoms with Crippen LogP contribution in [0.2, 0.25) is 0 Å². The fraction of sp³-hybridized carbons (Fsp3) is 0.137. The van der Waals surface area contributed by atoms with Crippen LogP contribution < -0.4 is 43.2 Å². The summed E-state index contributed by atoms with van der Waals surface area (Å²) in [7, 11) is 8.41. The molecule has 0 spiro atoms. The zero-order valence-electron chi connectivity index (χ0n) is 79.6. The van der Waals surface area contributed by atoms with Crippen molar-refractivity contribution in [2.75, 3.05) is 4.93 Å². The number of hydrogen-bond acceptors (Lipinski definition) is 11. The quantitative estimate of drug-likeness (QED) is 0.0294. The number of pyridine rings is 9. The van der Waals surface area contributed by atoms with Gasteiger partial charge in [-0.25, -0.2) is 4.98 Å². The minimum Gasteiger partial charge on any atom is -0.256 e. The molecule has 0 radical (unpaired) electrons. The number of benzene rings is 9. The van der Waals surface area contributed by atoms with Crippen LogP contribution in [0, 0.1) is 39.8 Å². The standard InChI is InChI=1S/C25H22N2.C25H20N2.C23H18N2.C12H11N.C11H9N.C6H7BO2.C6H6BrN.2C4H9.CH3I.2ClH.2Li.2Pt/c2*1-25(2,23-17-9-15-21(26-23)19-11-5-3-6-12-19)24-18-10-16-22(27-24)20-13-7-4-8-14-20;1-3-9-18(10-4-1)22-15-7-13-20(24-22)17-21-14-8-16-23(25-21)19-11-5-2-6-12-19;1-10-6-5-9-12(13-10)11-7-3-2-4-8-11;1-2-6-10(7-3-1)11-8-4-5-9-12-11;8-7(9)6-4-2-1-3-5-6;1-5-3-2-4-6(7)8-5;2*1-3-4-2;1-2;;;;;;/h3-18H,1-2H3;3-11,13,15-18H,1-2H3;1-16H,17H2;2-9H,1H3;1-9H;1-5,8-9H;2-4H,1H3;2*1,3-4H2,2H3;1H3;2*1H;;;;/q;-2;;;;;;2*-1;;;;2*+1;2*+2/p-2. The molecule has 137 heavy (non-hydrogen) atoms. The van der Waals surface area contributed by atoms with Gasteiger partial charge < -0.3 is 33.9 Å². The van der Waals surface area contributed by atoms with Crippen LogP contribution in [0.15, 0.2) is 435 Å². The molecule has 692 valence electrons. The first kappa shape index (κ1) is 117. The molecule has 0 fully saturated rings. The van der Waals surface area contributed by atoms with Gasteiger partial charge >= 0.3 is 101 Å². The van der Waals surface area contributed by atoms with Crippen molar-refractivity contribution in [1.29, 1.82) is 0 Å². The molecular weight excluding hydrogens is 2260 g/mol. The van der Waals surface area contributed by atoms with E-state index in [1.54, 1.807) is 24.3 Å². The van der Waals surface area contributed by atoms with E-state index in [-0.39, 0.29) is 69.6 Å². The van der Waals surface area contributed by atoms with Gasteiger partial charge in [0.2, 0.25) is 0 Å². The molecule has 0 unspecified atom stereocenters. The fourth-order valence-corrected chi connectivity index (χ4v) is 13.2. The van der Waals surface area contributed by atoms with E-state index in [0.29, 0.717) is 5.46 Å². The average molecular weight is 2370 g/mol. The number of aromatic nitrogens is 9. The van der Waals surface area contributed by atoms with Gasteiger partial charge in [-0.15, -0.1) is 71.8 Å².